The normalized spacial score (nSPS) is 12.9. The summed E-state index contributed by atoms with van der Waals surface area (Å²) in [6, 6.07) is 12.1. The van der Waals surface area contributed by atoms with E-state index < -0.39 is 0 Å². The van der Waals surface area contributed by atoms with E-state index in [0.29, 0.717) is 40.8 Å². The molecule has 0 bridgehead atoms. The fourth-order valence-electron chi connectivity index (χ4n) is 4.59. The second-order valence-electron chi connectivity index (χ2n) is 9.09. The van der Waals surface area contributed by atoms with Gasteiger partial charge in [-0.05, 0) is 93.1 Å². The van der Waals surface area contributed by atoms with Crippen molar-refractivity contribution in [2.45, 2.75) is 44.7 Å². The highest BCUT2D eigenvalue weighted by Crippen LogP contribution is 2.35. The summed E-state index contributed by atoms with van der Waals surface area (Å²) in [5, 5.41) is 15.0. The number of hydrogen-bond acceptors (Lipinski definition) is 9. The van der Waals surface area contributed by atoms with Gasteiger partial charge in [-0.25, -0.2) is 10.4 Å². The number of aromatic nitrogens is 2. The molecule has 0 unspecified atom stereocenters. The Bertz CT molecular complexity index is 1610. The number of hydrogen-bond donors (Lipinski definition) is 2. The van der Waals surface area contributed by atoms with Crippen LogP contribution in [-0.4, -0.2) is 45.7 Å². The maximum atomic E-state index is 13.9. The van der Waals surface area contributed by atoms with Gasteiger partial charge in [-0.2, -0.15) is 5.10 Å². The van der Waals surface area contributed by atoms with E-state index in [9.17, 15) is 14.7 Å². The topological polar surface area (TPSA) is 115 Å². The number of thiophene rings is 1. The third-order valence-corrected chi connectivity index (χ3v) is 8.51. The van der Waals surface area contributed by atoms with Crippen molar-refractivity contribution >= 4 is 45.4 Å². The molecule has 0 aliphatic heterocycles. The standard InChI is InChI=1S/C29H30N4O5S2/c1-3-37-20-12-10-19(11-13-20)33-28(36)26-21-7-5-6-8-24(21)40-27(26)31-29(33)39-17-25(35)32-30-16-18-9-14-22(34)23(15-18)38-4-2/h9-16,34H,3-8,17H2,1-2H3,(H,32,35)/b30-16+. The summed E-state index contributed by atoms with van der Waals surface area (Å²) < 4.78 is 12.5. The Hall–Kier alpha value is -3.83. The smallest absolute Gasteiger partial charge is 0.267 e. The highest BCUT2D eigenvalue weighted by Gasteiger charge is 2.23. The number of nitrogens with zero attached hydrogens (tertiary/aromatic N) is 3. The lowest BCUT2D eigenvalue weighted by Crippen LogP contribution is -2.24. The molecule has 5 rings (SSSR count). The van der Waals surface area contributed by atoms with Gasteiger partial charge < -0.3 is 14.6 Å². The summed E-state index contributed by atoms with van der Waals surface area (Å²) in [6.45, 7) is 4.71. The number of ether oxygens (including phenoxy) is 2. The third kappa shape index (κ3) is 6.00. The van der Waals surface area contributed by atoms with Crippen molar-refractivity contribution < 1.29 is 19.4 Å². The number of amides is 1. The van der Waals surface area contributed by atoms with Gasteiger partial charge in [0.05, 0.1) is 36.3 Å². The van der Waals surface area contributed by atoms with Crippen LogP contribution in [0.3, 0.4) is 0 Å². The van der Waals surface area contributed by atoms with E-state index in [1.165, 1.54) is 28.9 Å². The number of aromatic hydroxyl groups is 1. The fourth-order valence-corrected chi connectivity index (χ4v) is 6.70. The van der Waals surface area contributed by atoms with Crippen molar-refractivity contribution in [2.75, 3.05) is 19.0 Å². The van der Waals surface area contributed by atoms with Crippen molar-refractivity contribution in [3.63, 3.8) is 0 Å². The monoisotopic (exact) mass is 578 g/mol. The second-order valence-corrected chi connectivity index (χ2v) is 11.1. The number of carbonyl (C=O) groups excluding carboxylic acids is 1. The van der Waals surface area contributed by atoms with Gasteiger partial charge in [-0.15, -0.1) is 11.3 Å². The molecule has 4 aromatic rings. The van der Waals surface area contributed by atoms with E-state index in [4.69, 9.17) is 14.5 Å². The van der Waals surface area contributed by atoms with E-state index in [-0.39, 0.29) is 23.0 Å². The van der Waals surface area contributed by atoms with Crippen LogP contribution in [0.4, 0.5) is 0 Å². The summed E-state index contributed by atoms with van der Waals surface area (Å²) in [6.07, 6.45) is 5.51. The van der Waals surface area contributed by atoms with Crippen LogP contribution >= 0.6 is 23.1 Å². The van der Waals surface area contributed by atoms with Gasteiger partial charge in [-0.3, -0.25) is 14.2 Å². The van der Waals surface area contributed by atoms with Gasteiger partial charge in [-0.1, -0.05) is 11.8 Å². The molecule has 0 atom stereocenters. The Morgan fingerprint density at radius 2 is 1.93 bits per heavy atom. The number of hydrazone groups is 1. The molecule has 1 aliphatic carbocycles. The molecule has 9 nitrogen and oxygen atoms in total. The lowest BCUT2D eigenvalue weighted by atomic mass is 9.97. The first-order valence-corrected chi connectivity index (χ1v) is 15.0. The first-order chi connectivity index (χ1) is 19.5. The average molecular weight is 579 g/mol. The minimum Gasteiger partial charge on any atom is -0.504 e. The van der Waals surface area contributed by atoms with Crippen LogP contribution in [-0.2, 0) is 17.6 Å². The fraction of sp³-hybridized carbons (Fsp3) is 0.310. The largest absolute Gasteiger partial charge is 0.504 e. The highest BCUT2D eigenvalue weighted by atomic mass is 32.2. The molecule has 40 heavy (non-hydrogen) atoms. The van der Waals surface area contributed by atoms with E-state index in [1.54, 1.807) is 28.0 Å². The van der Waals surface area contributed by atoms with Crippen LogP contribution < -0.4 is 20.5 Å². The van der Waals surface area contributed by atoms with Crippen molar-refractivity contribution in [1.29, 1.82) is 0 Å². The molecule has 2 aromatic carbocycles. The number of rotatable bonds is 10. The maximum Gasteiger partial charge on any atom is 0.267 e. The van der Waals surface area contributed by atoms with Gasteiger partial charge in [0.25, 0.3) is 11.5 Å². The average Bonchev–Trinajstić information content (AvgIpc) is 3.33. The van der Waals surface area contributed by atoms with Crippen LogP contribution in [0, 0.1) is 0 Å². The minimum atomic E-state index is -0.344. The predicted octanol–water partition coefficient (Wildman–Crippen LogP) is 5.07. The molecule has 11 heteroatoms. The number of aryl methyl sites for hydroxylation is 2. The number of carbonyl (C=O) groups is 1. The van der Waals surface area contributed by atoms with Crippen molar-refractivity contribution in [2.24, 2.45) is 5.10 Å². The van der Waals surface area contributed by atoms with E-state index in [1.807, 2.05) is 38.1 Å². The molecule has 1 aliphatic rings. The van der Waals surface area contributed by atoms with Crippen LogP contribution in [0.25, 0.3) is 15.9 Å². The van der Waals surface area contributed by atoms with Gasteiger partial charge in [0.1, 0.15) is 10.6 Å². The molecular formula is C29H30N4O5S2. The first kappa shape index (κ1) is 27.7. The zero-order valence-corrected chi connectivity index (χ0v) is 23.9. The molecule has 0 spiro atoms. The minimum absolute atomic E-state index is 0.0111. The lowest BCUT2D eigenvalue weighted by molar-refractivity contribution is -0.118. The van der Waals surface area contributed by atoms with Crippen LogP contribution in [0.15, 0.2) is 57.5 Å². The Morgan fingerprint density at radius 1 is 1.15 bits per heavy atom. The quantitative estimate of drug-likeness (QED) is 0.117. The van der Waals surface area contributed by atoms with Gasteiger partial charge in [0.15, 0.2) is 16.7 Å². The number of benzene rings is 2. The zero-order chi connectivity index (χ0) is 28.1. The van der Waals surface area contributed by atoms with Gasteiger partial charge in [0, 0.05) is 4.88 Å². The SMILES string of the molecule is CCOc1ccc(-n2c(SCC(=O)N/N=C/c3ccc(O)c(OCC)c3)nc3sc4c(c3c2=O)CCCC4)cc1. The molecule has 2 aromatic heterocycles. The van der Waals surface area contributed by atoms with Crippen LogP contribution in [0.1, 0.15) is 42.7 Å². The lowest BCUT2D eigenvalue weighted by Gasteiger charge is -2.14. The molecule has 0 fully saturated rings. The summed E-state index contributed by atoms with van der Waals surface area (Å²) in [5.41, 5.74) is 4.84. The number of phenolic OH excluding ortho intramolecular Hbond substituents is 1. The van der Waals surface area contributed by atoms with Gasteiger partial charge in [0.2, 0.25) is 0 Å². The molecule has 0 saturated heterocycles. The summed E-state index contributed by atoms with van der Waals surface area (Å²) in [5.74, 6) is 0.765. The van der Waals surface area contributed by atoms with Gasteiger partial charge >= 0.3 is 0 Å². The molecular weight excluding hydrogens is 548 g/mol. The van der Waals surface area contributed by atoms with E-state index >= 15 is 0 Å². The summed E-state index contributed by atoms with van der Waals surface area (Å²) in [4.78, 5) is 33.4. The third-order valence-electron chi connectivity index (χ3n) is 6.38. The molecule has 0 saturated carbocycles. The first-order valence-electron chi connectivity index (χ1n) is 13.2. The van der Waals surface area contributed by atoms with Crippen molar-refractivity contribution in [3.05, 3.63) is 68.8 Å². The molecule has 208 valence electrons. The molecule has 2 heterocycles. The second kappa shape index (κ2) is 12.6. The highest BCUT2D eigenvalue weighted by molar-refractivity contribution is 7.99. The van der Waals surface area contributed by atoms with E-state index in [0.717, 1.165) is 41.8 Å². The Kier molecular flexibility index (Phi) is 8.71. The van der Waals surface area contributed by atoms with E-state index in [2.05, 4.69) is 10.5 Å². The maximum absolute atomic E-state index is 13.9. The summed E-state index contributed by atoms with van der Waals surface area (Å²) in [7, 11) is 0. The van der Waals surface area contributed by atoms with Crippen LogP contribution in [0.2, 0.25) is 0 Å². The Labute approximate surface area is 239 Å². The Morgan fingerprint density at radius 3 is 2.70 bits per heavy atom. The zero-order valence-electron chi connectivity index (χ0n) is 22.3. The molecule has 0 radical (unpaired) electrons. The number of thioether (sulfide) groups is 1. The predicted molar refractivity (Wildman–Crippen MR) is 159 cm³/mol. The van der Waals surface area contributed by atoms with Crippen LogP contribution in [0.5, 0.6) is 17.2 Å². The molecule has 2 N–H and O–H groups in total. The number of nitrogens with one attached hydrogen (secondary N) is 1. The van der Waals surface area contributed by atoms with Crippen molar-refractivity contribution in [1.82, 2.24) is 15.0 Å². The number of phenols is 1. The molecule has 1 amide bonds. The van der Waals surface area contributed by atoms with Crippen molar-refractivity contribution in [3.8, 4) is 22.9 Å². The number of fused-ring (bicyclic) bond motifs is 3. The summed E-state index contributed by atoms with van der Waals surface area (Å²) >= 11 is 2.77. The Balaban J connectivity index is 1.39.